The maximum absolute atomic E-state index is 13.0. The van der Waals surface area contributed by atoms with E-state index < -0.39 is 0 Å². The Morgan fingerprint density at radius 1 is 1.12 bits per heavy atom. The third-order valence-corrected chi connectivity index (χ3v) is 4.86. The van der Waals surface area contributed by atoms with Gasteiger partial charge in [0.15, 0.2) is 23.0 Å². The van der Waals surface area contributed by atoms with Crippen molar-refractivity contribution in [3.8, 4) is 23.0 Å². The van der Waals surface area contributed by atoms with Crippen LogP contribution in [-0.4, -0.2) is 25.6 Å². The lowest BCUT2D eigenvalue weighted by atomic mass is 10.0. The molecule has 0 amide bonds. The lowest BCUT2D eigenvalue weighted by Crippen LogP contribution is -2.18. The van der Waals surface area contributed by atoms with Gasteiger partial charge in [-0.3, -0.25) is 4.79 Å². The van der Waals surface area contributed by atoms with Gasteiger partial charge in [-0.05, 0) is 30.2 Å². The highest BCUT2D eigenvalue weighted by atomic mass is 16.7. The predicted molar refractivity (Wildman–Crippen MR) is 88.6 cm³/mol. The number of rotatable bonds is 2. The molecule has 0 bridgehead atoms. The van der Waals surface area contributed by atoms with E-state index in [-0.39, 0.29) is 12.4 Å². The summed E-state index contributed by atoms with van der Waals surface area (Å²) in [6, 6.07) is 5.54. The molecule has 6 heteroatoms. The zero-order chi connectivity index (χ0) is 16.4. The fourth-order valence-corrected chi connectivity index (χ4v) is 3.86. The molecular weight excluding hydrogens is 310 g/mol. The number of aromatic nitrogens is 1. The number of aryl methyl sites for hydroxylation is 2. The van der Waals surface area contributed by atoms with Gasteiger partial charge in [0.1, 0.15) is 0 Å². The Hall–Kier alpha value is -2.89. The standard InChI is InChI=1S/C18H15NO5/c1-21-12-7-9-5-6-19-15(9)14(16(12)22-2)13-10(18(19)20)3-4-11-17(13)24-8-23-11/h3-4,7H,5-6,8H2,1-2H3. The fourth-order valence-electron chi connectivity index (χ4n) is 3.86. The van der Waals surface area contributed by atoms with Gasteiger partial charge in [-0.15, -0.1) is 0 Å². The van der Waals surface area contributed by atoms with E-state index in [0.29, 0.717) is 34.9 Å². The summed E-state index contributed by atoms with van der Waals surface area (Å²) in [7, 11) is 3.23. The molecule has 6 nitrogen and oxygen atoms in total. The van der Waals surface area contributed by atoms with Crippen LogP contribution >= 0.6 is 0 Å². The molecule has 3 heterocycles. The minimum atomic E-state index is -0.0123. The summed E-state index contributed by atoms with van der Waals surface area (Å²) in [5.41, 5.74) is 1.97. The molecule has 0 aliphatic carbocycles. The van der Waals surface area contributed by atoms with Crippen LogP contribution in [0.3, 0.4) is 0 Å². The van der Waals surface area contributed by atoms with E-state index in [1.807, 2.05) is 10.6 Å². The first-order valence-electron chi connectivity index (χ1n) is 7.77. The van der Waals surface area contributed by atoms with Crippen LogP contribution in [0.2, 0.25) is 0 Å². The molecule has 0 radical (unpaired) electrons. The molecule has 5 rings (SSSR count). The van der Waals surface area contributed by atoms with Crippen LogP contribution in [0.15, 0.2) is 23.0 Å². The van der Waals surface area contributed by atoms with Gasteiger partial charge >= 0.3 is 0 Å². The normalized spacial score (nSPS) is 14.6. The minimum Gasteiger partial charge on any atom is -0.493 e. The van der Waals surface area contributed by atoms with Crippen molar-refractivity contribution in [1.29, 1.82) is 0 Å². The van der Waals surface area contributed by atoms with E-state index in [9.17, 15) is 4.79 Å². The van der Waals surface area contributed by atoms with Gasteiger partial charge in [-0.25, -0.2) is 0 Å². The van der Waals surface area contributed by atoms with Gasteiger partial charge in [0.2, 0.25) is 6.79 Å². The average Bonchev–Trinajstić information content (AvgIpc) is 3.24. The van der Waals surface area contributed by atoms with Crippen LogP contribution in [0, 0.1) is 0 Å². The molecule has 2 aliphatic rings. The maximum Gasteiger partial charge on any atom is 0.259 e. The Bertz CT molecular complexity index is 1080. The van der Waals surface area contributed by atoms with Crippen LogP contribution in [-0.2, 0) is 13.0 Å². The number of hydrogen-bond acceptors (Lipinski definition) is 5. The Labute approximate surface area is 137 Å². The van der Waals surface area contributed by atoms with E-state index in [2.05, 4.69) is 0 Å². The van der Waals surface area contributed by atoms with Gasteiger partial charge in [0.25, 0.3) is 5.56 Å². The third kappa shape index (κ3) is 1.48. The third-order valence-electron chi connectivity index (χ3n) is 4.86. The molecule has 0 saturated carbocycles. The molecule has 1 aromatic heterocycles. The summed E-state index contributed by atoms with van der Waals surface area (Å²) >= 11 is 0. The number of nitrogens with zero attached hydrogens (tertiary/aromatic N) is 1. The Morgan fingerprint density at radius 2 is 2.00 bits per heavy atom. The Balaban J connectivity index is 2.13. The van der Waals surface area contributed by atoms with E-state index in [0.717, 1.165) is 28.3 Å². The molecule has 2 aromatic carbocycles. The molecular formula is C18H15NO5. The molecule has 0 fully saturated rings. The summed E-state index contributed by atoms with van der Waals surface area (Å²) in [5, 5.41) is 2.19. The van der Waals surface area contributed by atoms with E-state index in [1.165, 1.54) is 0 Å². The topological polar surface area (TPSA) is 58.9 Å². The summed E-state index contributed by atoms with van der Waals surface area (Å²) in [6.45, 7) is 0.809. The minimum absolute atomic E-state index is 0.0123. The van der Waals surface area contributed by atoms with Crippen molar-refractivity contribution in [1.82, 2.24) is 4.57 Å². The lowest BCUT2D eigenvalue weighted by molar-refractivity contribution is 0.175. The number of ether oxygens (including phenoxy) is 4. The summed E-state index contributed by atoms with van der Waals surface area (Å²) in [4.78, 5) is 13.0. The van der Waals surface area contributed by atoms with E-state index in [1.54, 1.807) is 26.4 Å². The quantitative estimate of drug-likeness (QED) is 0.678. The van der Waals surface area contributed by atoms with Crippen LogP contribution in [0.4, 0.5) is 0 Å². The first-order chi connectivity index (χ1) is 11.7. The van der Waals surface area contributed by atoms with Crippen molar-refractivity contribution < 1.29 is 18.9 Å². The second-order valence-electron chi connectivity index (χ2n) is 5.92. The molecule has 122 valence electrons. The lowest BCUT2D eigenvalue weighted by Gasteiger charge is -2.16. The van der Waals surface area contributed by atoms with Crippen molar-refractivity contribution in [3.63, 3.8) is 0 Å². The SMILES string of the molecule is COc1cc2c3c(c1OC)c1c4c(ccc1c(=O)n3CC2)OCO4. The first-order valence-corrected chi connectivity index (χ1v) is 7.77. The molecule has 24 heavy (non-hydrogen) atoms. The zero-order valence-corrected chi connectivity index (χ0v) is 13.3. The average molecular weight is 325 g/mol. The number of benzene rings is 2. The largest absolute Gasteiger partial charge is 0.493 e. The molecule has 2 aliphatic heterocycles. The molecule has 0 atom stereocenters. The van der Waals surface area contributed by atoms with Crippen LogP contribution in [0.5, 0.6) is 23.0 Å². The Kier molecular flexibility index (Phi) is 2.58. The molecule has 3 aromatic rings. The van der Waals surface area contributed by atoms with Crippen LogP contribution in [0.1, 0.15) is 5.56 Å². The van der Waals surface area contributed by atoms with Gasteiger partial charge in [0.05, 0.1) is 30.5 Å². The highest BCUT2D eigenvalue weighted by molar-refractivity contribution is 6.14. The van der Waals surface area contributed by atoms with Crippen molar-refractivity contribution in [2.24, 2.45) is 0 Å². The number of methoxy groups -OCH3 is 2. The van der Waals surface area contributed by atoms with Crippen molar-refractivity contribution in [2.75, 3.05) is 21.0 Å². The fraction of sp³-hybridized carbons (Fsp3) is 0.278. The highest BCUT2D eigenvalue weighted by Crippen LogP contribution is 2.48. The first kappa shape index (κ1) is 13.5. The van der Waals surface area contributed by atoms with Crippen molar-refractivity contribution in [2.45, 2.75) is 13.0 Å². The predicted octanol–water partition coefficient (Wildman–Crippen LogP) is 2.46. The number of fused-ring (bicyclic) bond motifs is 4. The van der Waals surface area contributed by atoms with Crippen LogP contribution < -0.4 is 24.5 Å². The van der Waals surface area contributed by atoms with E-state index >= 15 is 0 Å². The van der Waals surface area contributed by atoms with E-state index in [4.69, 9.17) is 18.9 Å². The summed E-state index contributed by atoms with van der Waals surface area (Å²) in [6.07, 6.45) is 0.794. The molecule has 0 spiro atoms. The second kappa shape index (κ2) is 4.56. The highest BCUT2D eigenvalue weighted by Gasteiger charge is 2.29. The number of pyridine rings is 1. The summed E-state index contributed by atoms with van der Waals surface area (Å²) < 4.78 is 24.2. The smallest absolute Gasteiger partial charge is 0.259 e. The molecule has 0 saturated heterocycles. The monoisotopic (exact) mass is 325 g/mol. The van der Waals surface area contributed by atoms with Crippen molar-refractivity contribution in [3.05, 3.63) is 34.1 Å². The van der Waals surface area contributed by atoms with Gasteiger partial charge in [-0.1, -0.05) is 0 Å². The number of hydrogen-bond donors (Lipinski definition) is 0. The van der Waals surface area contributed by atoms with Crippen LogP contribution in [0.25, 0.3) is 21.7 Å². The van der Waals surface area contributed by atoms with Gasteiger partial charge < -0.3 is 23.5 Å². The molecule has 0 N–H and O–H groups in total. The zero-order valence-electron chi connectivity index (χ0n) is 13.3. The molecule has 0 unspecified atom stereocenters. The van der Waals surface area contributed by atoms with Gasteiger partial charge in [-0.2, -0.15) is 0 Å². The second-order valence-corrected chi connectivity index (χ2v) is 5.92. The van der Waals surface area contributed by atoms with Crippen molar-refractivity contribution >= 4 is 21.7 Å². The summed E-state index contributed by atoms with van der Waals surface area (Å²) in [5.74, 6) is 2.51. The van der Waals surface area contributed by atoms with Gasteiger partial charge in [0, 0.05) is 11.9 Å². The maximum atomic E-state index is 13.0. The Morgan fingerprint density at radius 3 is 2.79 bits per heavy atom.